The van der Waals surface area contributed by atoms with Crippen LogP contribution in [-0.4, -0.2) is 16.2 Å². The van der Waals surface area contributed by atoms with Gasteiger partial charge in [-0.05, 0) is 13.8 Å². The quantitative estimate of drug-likeness (QED) is 0.669. The number of carbonyl (C=O) groups is 1. The number of aromatic nitrogens is 1. The first-order valence-electron chi connectivity index (χ1n) is 3.45. The molecule has 5 nitrogen and oxygen atoms in total. The van der Waals surface area contributed by atoms with Crippen molar-refractivity contribution >= 4 is 5.97 Å². The van der Waals surface area contributed by atoms with Crippen LogP contribution in [0.25, 0.3) is 0 Å². The van der Waals surface area contributed by atoms with E-state index in [1.165, 1.54) is 0 Å². The second kappa shape index (κ2) is 2.94. The van der Waals surface area contributed by atoms with Gasteiger partial charge in [0.2, 0.25) is 0 Å². The zero-order chi connectivity index (χ0) is 9.30. The van der Waals surface area contributed by atoms with Crippen molar-refractivity contribution in [3.63, 3.8) is 0 Å². The van der Waals surface area contributed by atoms with E-state index in [2.05, 4.69) is 5.16 Å². The number of rotatable bonds is 2. The van der Waals surface area contributed by atoms with Crippen molar-refractivity contribution in [3.05, 3.63) is 17.0 Å². The van der Waals surface area contributed by atoms with E-state index in [-0.39, 0.29) is 0 Å². The van der Waals surface area contributed by atoms with Crippen molar-refractivity contribution in [2.45, 2.75) is 19.9 Å². The average molecular weight is 170 g/mol. The van der Waals surface area contributed by atoms with E-state index in [1.54, 1.807) is 13.8 Å². The molecule has 0 aliphatic rings. The molecule has 3 N–H and O–H groups in total. The van der Waals surface area contributed by atoms with Gasteiger partial charge >= 0.3 is 5.97 Å². The van der Waals surface area contributed by atoms with E-state index in [4.69, 9.17) is 15.4 Å². The molecule has 12 heavy (non-hydrogen) atoms. The molecule has 0 radical (unpaired) electrons. The van der Waals surface area contributed by atoms with Gasteiger partial charge in [-0.3, -0.25) is 4.79 Å². The molecular weight excluding hydrogens is 160 g/mol. The van der Waals surface area contributed by atoms with Crippen LogP contribution in [0.4, 0.5) is 0 Å². The predicted octanol–water partition coefficient (Wildman–Crippen LogP) is 0.376. The lowest BCUT2D eigenvalue weighted by atomic mass is 10.1. The summed E-state index contributed by atoms with van der Waals surface area (Å²) in [5.74, 6) is -0.619. The molecule has 0 bridgehead atoms. The summed E-state index contributed by atoms with van der Waals surface area (Å²) in [6.45, 7) is 3.30. The van der Waals surface area contributed by atoms with Crippen molar-refractivity contribution in [2.24, 2.45) is 5.73 Å². The number of hydrogen-bond acceptors (Lipinski definition) is 4. The van der Waals surface area contributed by atoms with E-state index >= 15 is 0 Å². The summed E-state index contributed by atoms with van der Waals surface area (Å²) in [6.07, 6.45) is 0. The lowest BCUT2D eigenvalue weighted by Gasteiger charge is -2.03. The van der Waals surface area contributed by atoms with Gasteiger partial charge in [-0.15, -0.1) is 0 Å². The summed E-state index contributed by atoms with van der Waals surface area (Å²) in [5, 5.41) is 12.2. The second-order valence-electron chi connectivity index (χ2n) is 2.55. The highest BCUT2D eigenvalue weighted by atomic mass is 16.5. The monoisotopic (exact) mass is 170 g/mol. The maximum Gasteiger partial charge on any atom is 0.325 e. The van der Waals surface area contributed by atoms with Crippen LogP contribution >= 0.6 is 0 Å². The fourth-order valence-corrected chi connectivity index (χ4v) is 1.06. The van der Waals surface area contributed by atoms with Crippen molar-refractivity contribution in [1.82, 2.24) is 5.16 Å². The van der Waals surface area contributed by atoms with Crippen molar-refractivity contribution in [2.75, 3.05) is 0 Å². The highest BCUT2D eigenvalue weighted by Crippen LogP contribution is 2.19. The standard InChI is InChI=1S/C7H10N2O3/c1-3-5(4(2)12-9-3)6(8)7(10)11/h6H,8H2,1-2H3,(H,10,11)/t6-/m0/s1. The van der Waals surface area contributed by atoms with E-state index in [0.717, 1.165) is 0 Å². The van der Waals surface area contributed by atoms with Crippen LogP contribution < -0.4 is 5.73 Å². The molecule has 1 atom stereocenters. The fourth-order valence-electron chi connectivity index (χ4n) is 1.06. The Morgan fingerprint density at radius 1 is 1.67 bits per heavy atom. The topological polar surface area (TPSA) is 89.4 Å². The van der Waals surface area contributed by atoms with Gasteiger partial charge < -0.3 is 15.4 Å². The number of hydrogen-bond donors (Lipinski definition) is 2. The van der Waals surface area contributed by atoms with Crippen molar-refractivity contribution < 1.29 is 14.4 Å². The van der Waals surface area contributed by atoms with Crippen LogP contribution in [-0.2, 0) is 4.79 Å². The SMILES string of the molecule is Cc1noc(C)c1[C@H](N)C(=O)O. The molecule has 0 aliphatic carbocycles. The van der Waals surface area contributed by atoms with E-state index in [0.29, 0.717) is 17.0 Å². The minimum Gasteiger partial charge on any atom is -0.480 e. The molecule has 0 spiro atoms. The molecule has 0 saturated carbocycles. The molecule has 0 saturated heterocycles. The molecule has 0 unspecified atom stereocenters. The van der Waals surface area contributed by atoms with E-state index < -0.39 is 12.0 Å². The van der Waals surface area contributed by atoms with Crippen LogP contribution in [0.3, 0.4) is 0 Å². The molecule has 0 aliphatic heterocycles. The first kappa shape index (κ1) is 8.73. The molecule has 1 rings (SSSR count). The number of nitrogens with two attached hydrogens (primary N) is 1. The molecule has 0 aromatic carbocycles. The Labute approximate surface area is 69.2 Å². The highest BCUT2D eigenvalue weighted by Gasteiger charge is 2.22. The minimum atomic E-state index is -1.08. The molecule has 1 heterocycles. The zero-order valence-corrected chi connectivity index (χ0v) is 6.87. The van der Waals surface area contributed by atoms with Gasteiger partial charge in [-0.25, -0.2) is 0 Å². The van der Waals surface area contributed by atoms with Crippen LogP contribution in [0.1, 0.15) is 23.1 Å². The van der Waals surface area contributed by atoms with Gasteiger partial charge in [-0.1, -0.05) is 5.16 Å². The molecule has 0 fully saturated rings. The Morgan fingerprint density at radius 2 is 2.25 bits per heavy atom. The molecular formula is C7H10N2O3. The van der Waals surface area contributed by atoms with E-state index in [9.17, 15) is 4.79 Å². The summed E-state index contributed by atoms with van der Waals surface area (Å²) in [6, 6.07) is -1.05. The number of nitrogens with zero attached hydrogens (tertiary/aromatic N) is 1. The van der Waals surface area contributed by atoms with Crippen LogP contribution in [0, 0.1) is 13.8 Å². The van der Waals surface area contributed by atoms with Crippen molar-refractivity contribution in [1.29, 1.82) is 0 Å². The maximum absolute atomic E-state index is 10.5. The van der Waals surface area contributed by atoms with Gasteiger partial charge in [0.1, 0.15) is 11.8 Å². The van der Waals surface area contributed by atoms with Gasteiger partial charge in [-0.2, -0.15) is 0 Å². The molecule has 5 heteroatoms. The normalized spacial score (nSPS) is 12.9. The summed E-state index contributed by atoms with van der Waals surface area (Å²) in [5.41, 5.74) is 6.38. The third-order valence-corrected chi connectivity index (χ3v) is 1.67. The third-order valence-electron chi connectivity index (χ3n) is 1.67. The van der Waals surface area contributed by atoms with E-state index in [1.807, 2.05) is 0 Å². The van der Waals surface area contributed by atoms with Crippen LogP contribution in [0.2, 0.25) is 0 Å². The van der Waals surface area contributed by atoms with Crippen LogP contribution in [0.15, 0.2) is 4.52 Å². The summed E-state index contributed by atoms with van der Waals surface area (Å²) < 4.78 is 4.77. The van der Waals surface area contributed by atoms with Crippen LogP contribution in [0.5, 0.6) is 0 Å². The molecule has 0 amide bonds. The average Bonchev–Trinajstić information content (AvgIpc) is 2.30. The molecule has 1 aromatic rings. The second-order valence-corrected chi connectivity index (χ2v) is 2.55. The Bertz CT molecular complexity index is 286. The van der Waals surface area contributed by atoms with Crippen molar-refractivity contribution in [3.8, 4) is 0 Å². The molecule has 66 valence electrons. The smallest absolute Gasteiger partial charge is 0.325 e. The first-order chi connectivity index (χ1) is 5.54. The van der Waals surface area contributed by atoms with Gasteiger partial charge in [0.05, 0.1) is 5.69 Å². The Balaban J connectivity index is 3.08. The Hall–Kier alpha value is -1.36. The van der Waals surface area contributed by atoms with Gasteiger partial charge in [0.25, 0.3) is 0 Å². The maximum atomic E-state index is 10.5. The number of carboxylic acids is 1. The Kier molecular flexibility index (Phi) is 2.14. The summed E-state index contributed by atoms with van der Waals surface area (Å²) in [7, 11) is 0. The lowest BCUT2D eigenvalue weighted by molar-refractivity contribution is -0.138. The summed E-state index contributed by atoms with van der Waals surface area (Å²) in [4.78, 5) is 10.5. The highest BCUT2D eigenvalue weighted by molar-refractivity contribution is 5.75. The lowest BCUT2D eigenvalue weighted by Crippen LogP contribution is -2.21. The number of aryl methyl sites for hydroxylation is 2. The first-order valence-corrected chi connectivity index (χ1v) is 3.45. The minimum absolute atomic E-state index is 0.461. The molecule has 1 aromatic heterocycles. The van der Waals surface area contributed by atoms with Gasteiger partial charge in [0, 0.05) is 5.56 Å². The third kappa shape index (κ3) is 1.31. The predicted molar refractivity (Wildman–Crippen MR) is 40.5 cm³/mol. The summed E-state index contributed by atoms with van der Waals surface area (Å²) >= 11 is 0. The number of carboxylic acid groups (broad SMARTS) is 1. The largest absolute Gasteiger partial charge is 0.480 e. The number of aliphatic carboxylic acids is 1. The van der Waals surface area contributed by atoms with Gasteiger partial charge in [0.15, 0.2) is 0 Å². The Morgan fingerprint density at radius 3 is 2.58 bits per heavy atom. The fraction of sp³-hybridized carbons (Fsp3) is 0.429. The zero-order valence-electron chi connectivity index (χ0n) is 6.87.